The summed E-state index contributed by atoms with van der Waals surface area (Å²) in [6.07, 6.45) is 1.90. The van der Waals surface area contributed by atoms with Crippen LogP contribution in [0.2, 0.25) is 0 Å². The second kappa shape index (κ2) is 7.85. The summed E-state index contributed by atoms with van der Waals surface area (Å²) in [5, 5.41) is 0. The SMILES string of the molecule is Cl.NC(=O)COc1ccc(C(=O)N2CCCC(N)C2)cc1. The fourth-order valence-electron chi connectivity index (χ4n) is 2.23. The molecule has 2 amide bonds. The average Bonchev–Trinajstić information content (AvgIpc) is 2.45. The molecule has 1 saturated heterocycles. The molecular weight excluding hydrogens is 294 g/mol. The molecule has 0 saturated carbocycles. The Kier molecular flexibility index (Phi) is 6.45. The molecule has 1 heterocycles. The molecule has 0 aliphatic carbocycles. The second-order valence-corrected chi connectivity index (χ2v) is 4.93. The maximum absolute atomic E-state index is 12.3. The summed E-state index contributed by atoms with van der Waals surface area (Å²) in [6, 6.07) is 6.73. The van der Waals surface area contributed by atoms with Gasteiger partial charge in [0.25, 0.3) is 11.8 Å². The lowest BCUT2D eigenvalue weighted by atomic mass is 10.1. The van der Waals surface area contributed by atoms with Crippen LogP contribution in [0.15, 0.2) is 24.3 Å². The van der Waals surface area contributed by atoms with Crippen molar-refractivity contribution in [2.24, 2.45) is 11.5 Å². The lowest BCUT2D eigenvalue weighted by Gasteiger charge is -2.30. The van der Waals surface area contributed by atoms with Gasteiger partial charge < -0.3 is 21.1 Å². The normalized spacial score (nSPS) is 17.8. The summed E-state index contributed by atoms with van der Waals surface area (Å²) >= 11 is 0. The molecule has 4 N–H and O–H groups in total. The molecule has 1 fully saturated rings. The van der Waals surface area contributed by atoms with Gasteiger partial charge in [-0.15, -0.1) is 12.4 Å². The minimum absolute atomic E-state index is 0. The van der Waals surface area contributed by atoms with E-state index in [1.165, 1.54) is 0 Å². The van der Waals surface area contributed by atoms with Crippen molar-refractivity contribution in [3.8, 4) is 5.75 Å². The standard InChI is InChI=1S/C14H19N3O3.ClH/c15-11-2-1-7-17(8-11)14(19)10-3-5-12(6-4-10)20-9-13(16)18;/h3-6,11H,1-2,7-9,15H2,(H2,16,18);1H. The first-order chi connectivity index (χ1) is 9.56. The topological polar surface area (TPSA) is 98.7 Å². The molecule has 1 aliphatic rings. The molecule has 2 rings (SSSR count). The Morgan fingerprint density at radius 2 is 1.95 bits per heavy atom. The van der Waals surface area contributed by atoms with Crippen molar-refractivity contribution in [1.82, 2.24) is 4.90 Å². The Bertz CT molecular complexity index is 493. The first kappa shape index (κ1) is 17.3. The van der Waals surface area contributed by atoms with Gasteiger partial charge in [-0.25, -0.2) is 0 Å². The van der Waals surface area contributed by atoms with Crippen LogP contribution in [0.5, 0.6) is 5.75 Å². The predicted molar refractivity (Wildman–Crippen MR) is 81.5 cm³/mol. The van der Waals surface area contributed by atoms with E-state index in [9.17, 15) is 9.59 Å². The van der Waals surface area contributed by atoms with Crippen LogP contribution < -0.4 is 16.2 Å². The van der Waals surface area contributed by atoms with Gasteiger partial charge in [-0.2, -0.15) is 0 Å². The van der Waals surface area contributed by atoms with Crippen molar-refractivity contribution in [3.63, 3.8) is 0 Å². The number of nitrogens with two attached hydrogens (primary N) is 2. The molecule has 0 aromatic heterocycles. The zero-order chi connectivity index (χ0) is 14.5. The highest BCUT2D eigenvalue weighted by atomic mass is 35.5. The van der Waals surface area contributed by atoms with Crippen LogP contribution >= 0.6 is 12.4 Å². The van der Waals surface area contributed by atoms with Crippen LogP contribution in [-0.2, 0) is 4.79 Å². The first-order valence-electron chi connectivity index (χ1n) is 6.62. The minimum Gasteiger partial charge on any atom is -0.484 e. The van der Waals surface area contributed by atoms with Gasteiger partial charge in [0.15, 0.2) is 6.61 Å². The zero-order valence-electron chi connectivity index (χ0n) is 11.7. The van der Waals surface area contributed by atoms with Crippen LogP contribution in [0.4, 0.5) is 0 Å². The van der Waals surface area contributed by atoms with Crippen molar-refractivity contribution in [1.29, 1.82) is 0 Å². The fourth-order valence-corrected chi connectivity index (χ4v) is 2.23. The smallest absolute Gasteiger partial charge is 0.255 e. The number of nitrogens with zero attached hydrogens (tertiary/aromatic N) is 1. The Balaban J connectivity index is 0.00000220. The Morgan fingerprint density at radius 3 is 2.52 bits per heavy atom. The third-order valence-corrected chi connectivity index (χ3v) is 3.23. The van der Waals surface area contributed by atoms with Gasteiger partial charge >= 0.3 is 0 Å². The number of hydrogen-bond acceptors (Lipinski definition) is 4. The molecule has 7 heteroatoms. The zero-order valence-corrected chi connectivity index (χ0v) is 12.5. The van der Waals surface area contributed by atoms with Crippen LogP contribution in [0.3, 0.4) is 0 Å². The summed E-state index contributed by atoms with van der Waals surface area (Å²) in [5.41, 5.74) is 11.5. The Morgan fingerprint density at radius 1 is 1.29 bits per heavy atom. The first-order valence-corrected chi connectivity index (χ1v) is 6.62. The van der Waals surface area contributed by atoms with Crippen molar-refractivity contribution in [2.75, 3.05) is 19.7 Å². The van der Waals surface area contributed by atoms with Crippen molar-refractivity contribution < 1.29 is 14.3 Å². The van der Waals surface area contributed by atoms with E-state index in [0.29, 0.717) is 17.9 Å². The fraction of sp³-hybridized carbons (Fsp3) is 0.429. The molecule has 6 nitrogen and oxygen atoms in total. The van der Waals surface area contributed by atoms with E-state index in [1.807, 2.05) is 0 Å². The summed E-state index contributed by atoms with van der Waals surface area (Å²) < 4.78 is 5.15. The van der Waals surface area contributed by atoms with Crippen LogP contribution in [-0.4, -0.2) is 42.5 Å². The maximum atomic E-state index is 12.3. The highest BCUT2D eigenvalue weighted by Gasteiger charge is 2.22. The number of hydrogen-bond donors (Lipinski definition) is 2. The van der Waals surface area contributed by atoms with Crippen molar-refractivity contribution >= 4 is 24.2 Å². The predicted octanol–water partition coefficient (Wildman–Crippen LogP) is 0.536. The van der Waals surface area contributed by atoms with Gasteiger partial charge in [-0.1, -0.05) is 0 Å². The lowest BCUT2D eigenvalue weighted by Crippen LogP contribution is -2.45. The number of likely N-dealkylation sites (tertiary alicyclic amines) is 1. The third-order valence-electron chi connectivity index (χ3n) is 3.23. The summed E-state index contributed by atoms with van der Waals surface area (Å²) in [6.45, 7) is 1.17. The number of carbonyl (C=O) groups excluding carboxylic acids is 2. The lowest BCUT2D eigenvalue weighted by molar-refractivity contribution is -0.119. The average molecular weight is 314 g/mol. The number of amides is 2. The molecule has 21 heavy (non-hydrogen) atoms. The minimum atomic E-state index is -0.535. The van der Waals surface area contributed by atoms with E-state index in [-0.39, 0.29) is 31.0 Å². The molecule has 0 radical (unpaired) electrons. The highest BCUT2D eigenvalue weighted by molar-refractivity contribution is 5.94. The number of primary amides is 1. The van der Waals surface area contributed by atoms with Crippen LogP contribution in [0.25, 0.3) is 0 Å². The van der Waals surface area contributed by atoms with E-state index >= 15 is 0 Å². The van der Waals surface area contributed by atoms with E-state index in [2.05, 4.69) is 0 Å². The molecule has 0 bridgehead atoms. The summed E-state index contributed by atoms with van der Waals surface area (Å²) in [5.74, 6) is -0.0512. The number of piperidine rings is 1. The van der Waals surface area contributed by atoms with Gasteiger partial charge in [0.1, 0.15) is 5.75 Å². The third kappa shape index (κ3) is 4.91. The molecule has 1 aliphatic heterocycles. The molecule has 1 unspecified atom stereocenters. The van der Waals surface area contributed by atoms with E-state index in [1.54, 1.807) is 29.2 Å². The molecule has 0 spiro atoms. The highest BCUT2D eigenvalue weighted by Crippen LogP contribution is 2.16. The van der Waals surface area contributed by atoms with Crippen molar-refractivity contribution in [2.45, 2.75) is 18.9 Å². The number of halogens is 1. The monoisotopic (exact) mass is 313 g/mol. The number of carbonyl (C=O) groups is 2. The maximum Gasteiger partial charge on any atom is 0.255 e. The Hall–Kier alpha value is -1.79. The van der Waals surface area contributed by atoms with Crippen LogP contribution in [0, 0.1) is 0 Å². The van der Waals surface area contributed by atoms with Gasteiger partial charge in [-0.05, 0) is 37.1 Å². The van der Waals surface area contributed by atoms with Gasteiger partial charge in [0.05, 0.1) is 0 Å². The molecular formula is C14H20ClN3O3. The quantitative estimate of drug-likeness (QED) is 0.847. The Labute approximate surface area is 129 Å². The largest absolute Gasteiger partial charge is 0.484 e. The van der Waals surface area contributed by atoms with Crippen molar-refractivity contribution in [3.05, 3.63) is 29.8 Å². The van der Waals surface area contributed by atoms with E-state index in [4.69, 9.17) is 16.2 Å². The number of ether oxygens (including phenoxy) is 1. The second-order valence-electron chi connectivity index (χ2n) is 4.93. The van der Waals surface area contributed by atoms with E-state index in [0.717, 1.165) is 19.4 Å². The van der Waals surface area contributed by atoms with Crippen LogP contribution in [0.1, 0.15) is 23.2 Å². The van der Waals surface area contributed by atoms with Gasteiger partial charge in [-0.3, -0.25) is 9.59 Å². The van der Waals surface area contributed by atoms with Gasteiger partial charge in [0.2, 0.25) is 0 Å². The molecule has 1 aromatic rings. The molecule has 116 valence electrons. The van der Waals surface area contributed by atoms with Gasteiger partial charge in [0, 0.05) is 24.7 Å². The summed E-state index contributed by atoms with van der Waals surface area (Å²) in [7, 11) is 0. The van der Waals surface area contributed by atoms with E-state index < -0.39 is 5.91 Å². The molecule has 1 atom stereocenters. The number of rotatable bonds is 4. The molecule has 1 aromatic carbocycles. The number of benzene rings is 1. The summed E-state index contributed by atoms with van der Waals surface area (Å²) in [4.78, 5) is 24.7.